The maximum atomic E-state index is 12.1. The predicted molar refractivity (Wildman–Crippen MR) is 67.0 cm³/mol. The lowest BCUT2D eigenvalue weighted by Gasteiger charge is -2.28. The molecule has 0 aromatic heterocycles. The van der Waals surface area contributed by atoms with Gasteiger partial charge in [0.25, 0.3) is 0 Å². The molecule has 1 rings (SSSR count). The summed E-state index contributed by atoms with van der Waals surface area (Å²) in [5.74, 6) is -1.63. The molecule has 6 heteroatoms. The third kappa shape index (κ3) is 4.26. The Morgan fingerprint density at radius 2 is 1.89 bits per heavy atom. The number of hydrogen-bond donors (Lipinski definition) is 2. The molecule has 0 aromatic carbocycles. The van der Waals surface area contributed by atoms with Gasteiger partial charge in [0.1, 0.15) is 6.04 Å². The molecular weight excluding hydrogens is 244 g/mol. The van der Waals surface area contributed by atoms with Gasteiger partial charge in [-0.15, -0.1) is 0 Å². The zero-order valence-corrected chi connectivity index (χ0v) is 10.8. The van der Waals surface area contributed by atoms with E-state index in [0.29, 0.717) is 19.3 Å². The zero-order chi connectivity index (χ0) is 14.3. The van der Waals surface area contributed by atoms with Gasteiger partial charge in [0.15, 0.2) is 0 Å². The van der Waals surface area contributed by atoms with Crippen molar-refractivity contribution in [2.45, 2.75) is 44.6 Å². The number of nitrogens with one attached hydrogen (secondary N) is 1. The molecule has 0 bridgehead atoms. The van der Waals surface area contributed by atoms with Crippen molar-refractivity contribution in [3.63, 3.8) is 0 Å². The van der Waals surface area contributed by atoms with Gasteiger partial charge in [0.2, 0.25) is 11.8 Å². The van der Waals surface area contributed by atoms with E-state index >= 15 is 0 Å². The quantitative estimate of drug-likeness (QED) is 0.753. The minimum atomic E-state index is -0.678. The number of nitrogens with two attached hydrogens (primary N) is 1. The number of hydrogen-bond acceptors (Lipinski definition) is 4. The Labute approximate surface area is 112 Å². The standard InChI is InChI=1S/C13H18N4O2/c14-7-3-4-9(8-15)17-13(19)11-6-2-1-5-10(11)12(16)18/h9-11H,1-6H2,(H2,16,18)(H,17,19)/t9?,10-,11+/m0/s1. The van der Waals surface area contributed by atoms with Crippen LogP contribution in [0.15, 0.2) is 0 Å². The summed E-state index contributed by atoms with van der Waals surface area (Å²) in [6.45, 7) is 0. The molecule has 1 fully saturated rings. The van der Waals surface area contributed by atoms with E-state index in [2.05, 4.69) is 5.32 Å². The third-order valence-corrected chi connectivity index (χ3v) is 3.49. The van der Waals surface area contributed by atoms with Crippen LogP contribution in [0.5, 0.6) is 0 Å². The molecule has 0 aromatic rings. The maximum absolute atomic E-state index is 12.1. The summed E-state index contributed by atoms with van der Waals surface area (Å²) in [6.07, 6.45) is 3.54. The van der Waals surface area contributed by atoms with Crippen LogP contribution in [0.4, 0.5) is 0 Å². The van der Waals surface area contributed by atoms with Gasteiger partial charge in [-0.1, -0.05) is 12.8 Å². The van der Waals surface area contributed by atoms with Crippen molar-refractivity contribution in [2.24, 2.45) is 17.6 Å². The summed E-state index contributed by atoms with van der Waals surface area (Å²) in [7, 11) is 0. The Balaban J connectivity index is 2.62. The van der Waals surface area contributed by atoms with Gasteiger partial charge in [-0.3, -0.25) is 9.59 Å². The molecule has 102 valence electrons. The van der Waals surface area contributed by atoms with E-state index in [0.717, 1.165) is 12.8 Å². The zero-order valence-electron chi connectivity index (χ0n) is 10.8. The van der Waals surface area contributed by atoms with E-state index in [-0.39, 0.29) is 12.3 Å². The summed E-state index contributed by atoms with van der Waals surface area (Å²) >= 11 is 0. The molecule has 3 atom stereocenters. The lowest BCUT2D eigenvalue weighted by atomic mass is 9.78. The largest absolute Gasteiger partial charge is 0.369 e. The van der Waals surface area contributed by atoms with Gasteiger partial charge in [-0.2, -0.15) is 10.5 Å². The molecule has 19 heavy (non-hydrogen) atoms. The highest BCUT2D eigenvalue weighted by atomic mass is 16.2. The van der Waals surface area contributed by atoms with Gasteiger partial charge in [0, 0.05) is 18.3 Å². The molecule has 1 saturated carbocycles. The summed E-state index contributed by atoms with van der Waals surface area (Å²) in [5.41, 5.74) is 5.31. The first-order valence-corrected chi connectivity index (χ1v) is 6.46. The molecule has 0 radical (unpaired) electrons. The van der Waals surface area contributed by atoms with Crippen molar-refractivity contribution in [3.05, 3.63) is 0 Å². The molecule has 2 amide bonds. The van der Waals surface area contributed by atoms with E-state index in [1.54, 1.807) is 0 Å². The summed E-state index contributed by atoms with van der Waals surface area (Å²) in [6, 6.07) is 3.21. The molecule has 0 heterocycles. The molecule has 0 spiro atoms. The Kier molecular flexibility index (Phi) is 5.81. The highest BCUT2D eigenvalue weighted by Crippen LogP contribution is 2.30. The first-order valence-electron chi connectivity index (χ1n) is 6.46. The summed E-state index contributed by atoms with van der Waals surface area (Å²) in [5, 5.41) is 20.0. The van der Waals surface area contributed by atoms with Crippen LogP contribution in [0.3, 0.4) is 0 Å². The number of amides is 2. The molecule has 1 aliphatic rings. The molecule has 1 unspecified atom stereocenters. The van der Waals surface area contributed by atoms with Crippen LogP contribution in [0, 0.1) is 34.5 Å². The topological polar surface area (TPSA) is 120 Å². The fraction of sp³-hybridized carbons (Fsp3) is 0.692. The second-order valence-corrected chi connectivity index (χ2v) is 4.79. The number of nitrogens with zero attached hydrogens (tertiary/aromatic N) is 2. The number of carbonyl (C=O) groups is 2. The molecular formula is C13H18N4O2. The average molecular weight is 262 g/mol. The number of carbonyl (C=O) groups excluding carboxylic acids is 2. The second-order valence-electron chi connectivity index (χ2n) is 4.79. The summed E-state index contributed by atoms with van der Waals surface area (Å²) < 4.78 is 0. The van der Waals surface area contributed by atoms with E-state index in [9.17, 15) is 9.59 Å². The summed E-state index contributed by atoms with van der Waals surface area (Å²) in [4.78, 5) is 23.4. The molecule has 6 nitrogen and oxygen atoms in total. The van der Waals surface area contributed by atoms with Crippen LogP contribution >= 0.6 is 0 Å². The lowest BCUT2D eigenvalue weighted by Crippen LogP contribution is -2.45. The minimum absolute atomic E-state index is 0.211. The normalized spacial score (nSPS) is 23.7. The van der Waals surface area contributed by atoms with Crippen LogP contribution in [0.25, 0.3) is 0 Å². The average Bonchev–Trinajstić information content (AvgIpc) is 2.43. The van der Waals surface area contributed by atoms with Crippen LogP contribution in [0.2, 0.25) is 0 Å². The van der Waals surface area contributed by atoms with Gasteiger partial charge >= 0.3 is 0 Å². The van der Waals surface area contributed by atoms with Crippen LogP contribution in [0.1, 0.15) is 38.5 Å². The van der Waals surface area contributed by atoms with E-state index in [1.807, 2.05) is 12.1 Å². The van der Waals surface area contributed by atoms with Crippen molar-refractivity contribution >= 4 is 11.8 Å². The monoisotopic (exact) mass is 262 g/mol. The Hall–Kier alpha value is -2.08. The number of primary amides is 1. The SMILES string of the molecule is N#CCCC(C#N)NC(=O)[C@@H]1CCCC[C@@H]1C(N)=O. The molecule has 3 N–H and O–H groups in total. The Morgan fingerprint density at radius 1 is 1.26 bits per heavy atom. The van der Waals surface area contributed by atoms with E-state index < -0.39 is 23.8 Å². The second kappa shape index (κ2) is 7.38. The lowest BCUT2D eigenvalue weighted by molar-refractivity contribution is -0.135. The first-order chi connectivity index (χ1) is 9.10. The fourth-order valence-electron chi connectivity index (χ4n) is 2.44. The third-order valence-electron chi connectivity index (χ3n) is 3.49. The Morgan fingerprint density at radius 3 is 2.42 bits per heavy atom. The van der Waals surface area contributed by atoms with Crippen molar-refractivity contribution in [1.82, 2.24) is 5.32 Å². The highest BCUT2D eigenvalue weighted by Gasteiger charge is 2.35. The van der Waals surface area contributed by atoms with Crippen LogP contribution in [-0.2, 0) is 9.59 Å². The van der Waals surface area contributed by atoms with Crippen LogP contribution < -0.4 is 11.1 Å². The van der Waals surface area contributed by atoms with Crippen molar-refractivity contribution < 1.29 is 9.59 Å². The Bertz CT molecular complexity index is 421. The first kappa shape index (κ1) is 15.0. The molecule has 1 aliphatic carbocycles. The maximum Gasteiger partial charge on any atom is 0.224 e. The van der Waals surface area contributed by atoms with Gasteiger partial charge in [-0.05, 0) is 19.3 Å². The van der Waals surface area contributed by atoms with Gasteiger partial charge in [0.05, 0.1) is 12.1 Å². The van der Waals surface area contributed by atoms with Crippen molar-refractivity contribution in [1.29, 1.82) is 10.5 Å². The number of rotatable bonds is 5. The van der Waals surface area contributed by atoms with E-state index in [1.165, 1.54) is 0 Å². The molecule has 0 aliphatic heterocycles. The van der Waals surface area contributed by atoms with Crippen molar-refractivity contribution in [3.8, 4) is 12.1 Å². The van der Waals surface area contributed by atoms with Gasteiger partial charge in [-0.25, -0.2) is 0 Å². The van der Waals surface area contributed by atoms with Crippen molar-refractivity contribution in [2.75, 3.05) is 0 Å². The predicted octanol–water partition coefficient (Wildman–Crippen LogP) is 0.590. The number of nitriles is 2. The minimum Gasteiger partial charge on any atom is -0.369 e. The fourth-order valence-corrected chi connectivity index (χ4v) is 2.44. The van der Waals surface area contributed by atoms with Gasteiger partial charge < -0.3 is 11.1 Å². The van der Waals surface area contributed by atoms with E-state index in [4.69, 9.17) is 16.3 Å². The van der Waals surface area contributed by atoms with Crippen LogP contribution in [-0.4, -0.2) is 17.9 Å². The highest BCUT2D eigenvalue weighted by molar-refractivity contribution is 5.87. The smallest absolute Gasteiger partial charge is 0.224 e. The molecule has 0 saturated heterocycles.